The Morgan fingerprint density at radius 3 is 2.77 bits per heavy atom. The maximum Gasteiger partial charge on any atom is 0.227 e. The zero-order valence-corrected chi connectivity index (χ0v) is 15.5. The summed E-state index contributed by atoms with van der Waals surface area (Å²) in [6, 6.07) is 5.79. The van der Waals surface area contributed by atoms with Crippen LogP contribution >= 0.6 is 0 Å². The monoisotopic (exact) mass is 356 g/mol. The van der Waals surface area contributed by atoms with E-state index in [0.717, 1.165) is 57.7 Å². The molecule has 2 saturated heterocycles. The minimum absolute atomic E-state index is 0.0918. The molecule has 1 unspecified atom stereocenters. The van der Waals surface area contributed by atoms with Gasteiger partial charge in [-0.3, -0.25) is 4.79 Å². The van der Waals surface area contributed by atoms with Crippen LogP contribution in [0.3, 0.4) is 0 Å². The number of carbonyl (C=O) groups is 1. The number of piperidine rings is 1. The number of nitrogens with zero attached hydrogens (tertiary/aromatic N) is 3. The summed E-state index contributed by atoms with van der Waals surface area (Å²) in [6.07, 6.45) is 5.23. The van der Waals surface area contributed by atoms with Gasteiger partial charge < -0.3 is 15.0 Å². The molecule has 3 heterocycles. The predicted molar refractivity (Wildman–Crippen MR) is 99.6 cm³/mol. The number of likely N-dealkylation sites (tertiary alicyclic amines) is 1. The van der Waals surface area contributed by atoms with Crippen LogP contribution in [0.4, 0.5) is 5.82 Å². The molecule has 6 nitrogen and oxygen atoms in total. The highest BCUT2D eigenvalue weighted by atomic mass is 16.5. The first-order valence-electron chi connectivity index (χ1n) is 9.67. The quantitative estimate of drug-likeness (QED) is 0.878. The largest absolute Gasteiger partial charge is 0.381 e. The number of hydrogen-bond acceptors (Lipinski definition) is 5. The van der Waals surface area contributed by atoms with Crippen molar-refractivity contribution in [3.05, 3.63) is 23.4 Å². The Bertz CT molecular complexity index is 658. The molecule has 1 aromatic rings. The Morgan fingerprint density at radius 2 is 2.08 bits per heavy atom. The lowest BCUT2D eigenvalue weighted by atomic mass is 9.84. The van der Waals surface area contributed by atoms with Gasteiger partial charge in [-0.15, -0.1) is 0 Å². The van der Waals surface area contributed by atoms with Crippen LogP contribution in [0.25, 0.3) is 0 Å². The molecule has 2 fully saturated rings. The van der Waals surface area contributed by atoms with E-state index in [9.17, 15) is 10.1 Å². The fourth-order valence-electron chi connectivity index (χ4n) is 3.91. The van der Waals surface area contributed by atoms with Crippen molar-refractivity contribution in [3.8, 4) is 6.07 Å². The summed E-state index contributed by atoms with van der Waals surface area (Å²) in [5, 5.41) is 12.6. The van der Waals surface area contributed by atoms with Crippen LogP contribution in [0.5, 0.6) is 0 Å². The van der Waals surface area contributed by atoms with Gasteiger partial charge in [0.25, 0.3) is 0 Å². The fourth-order valence-corrected chi connectivity index (χ4v) is 3.91. The fraction of sp³-hybridized carbons (Fsp3) is 0.650. The molecule has 1 amide bonds. The zero-order valence-electron chi connectivity index (χ0n) is 15.5. The van der Waals surface area contributed by atoms with E-state index in [4.69, 9.17) is 4.74 Å². The van der Waals surface area contributed by atoms with Crippen molar-refractivity contribution < 1.29 is 9.53 Å². The Kier molecular flexibility index (Phi) is 6.45. The third-order valence-electron chi connectivity index (χ3n) is 5.46. The Morgan fingerprint density at radius 1 is 1.35 bits per heavy atom. The molecule has 1 atom stereocenters. The number of amides is 1. The second-order valence-corrected chi connectivity index (χ2v) is 7.28. The molecule has 26 heavy (non-hydrogen) atoms. The number of pyridine rings is 1. The maximum atomic E-state index is 13.2. The molecule has 2 aliphatic heterocycles. The number of ether oxygens (including phenoxy) is 1. The smallest absolute Gasteiger partial charge is 0.227 e. The summed E-state index contributed by atoms with van der Waals surface area (Å²) in [5.41, 5.74) is 1.38. The van der Waals surface area contributed by atoms with Crippen molar-refractivity contribution in [2.24, 2.45) is 11.8 Å². The van der Waals surface area contributed by atoms with Gasteiger partial charge in [-0.05, 0) is 57.1 Å². The number of anilines is 1. The van der Waals surface area contributed by atoms with Gasteiger partial charge in [0, 0.05) is 38.5 Å². The van der Waals surface area contributed by atoms with Gasteiger partial charge in [-0.25, -0.2) is 4.98 Å². The molecule has 6 heteroatoms. The highest BCUT2D eigenvalue weighted by Gasteiger charge is 2.33. The third kappa shape index (κ3) is 4.53. The van der Waals surface area contributed by atoms with E-state index >= 15 is 0 Å². The van der Waals surface area contributed by atoms with Crippen molar-refractivity contribution in [1.82, 2.24) is 9.88 Å². The highest BCUT2D eigenvalue weighted by molar-refractivity contribution is 5.80. The molecule has 1 N–H and O–H groups in total. The lowest BCUT2D eigenvalue weighted by Crippen LogP contribution is -2.45. The van der Waals surface area contributed by atoms with Gasteiger partial charge in [0.1, 0.15) is 11.9 Å². The first-order chi connectivity index (χ1) is 12.7. The molecular formula is C20H28N4O2. The summed E-state index contributed by atoms with van der Waals surface area (Å²) in [5.74, 6) is 1.05. The number of hydrogen-bond donors (Lipinski definition) is 1. The second-order valence-electron chi connectivity index (χ2n) is 7.28. The molecule has 140 valence electrons. The first-order valence-corrected chi connectivity index (χ1v) is 9.67. The van der Waals surface area contributed by atoms with E-state index in [1.165, 1.54) is 6.42 Å². The third-order valence-corrected chi connectivity index (χ3v) is 5.46. The summed E-state index contributed by atoms with van der Waals surface area (Å²) in [6.45, 7) is 5.60. The van der Waals surface area contributed by atoms with E-state index in [1.807, 2.05) is 17.9 Å². The SMILES string of the molecule is Cc1ccc(C#N)c(NCC(C(=O)N2CCCCC2)C2CCOCC2)n1. The van der Waals surface area contributed by atoms with Gasteiger partial charge in [0.15, 0.2) is 0 Å². The van der Waals surface area contributed by atoms with Crippen molar-refractivity contribution >= 4 is 11.7 Å². The normalized spacial score (nSPS) is 19.6. The van der Waals surface area contributed by atoms with Gasteiger partial charge in [0.05, 0.1) is 11.5 Å². The van der Waals surface area contributed by atoms with E-state index in [0.29, 0.717) is 23.8 Å². The average Bonchev–Trinajstić information content (AvgIpc) is 2.69. The van der Waals surface area contributed by atoms with Crippen LogP contribution < -0.4 is 5.32 Å². The van der Waals surface area contributed by atoms with Crippen molar-refractivity contribution in [2.45, 2.75) is 39.0 Å². The lowest BCUT2D eigenvalue weighted by Gasteiger charge is -2.35. The maximum absolute atomic E-state index is 13.2. The number of carbonyl (C=O) groups excluding carboxylic acids is 1. The number of aromatic nitrogens is 1. The summed E-state index contributed by atoms with van der Waals surface area (Å²) >= 11 is 0. The van der Waals surface area contributed by atoms with Crippen LogP contribution in [-0.4, -0.2) is 48.6 Å². The Labute approximate surface area is 155 Å². The number of rotatable bonds is 5. The van der Waals surface area contributed by atoms with Crippen LogP contribution in [0.1, 0.15) is 43.4 Å². The summed E-state index contributed by atoms with van der Waals surface area (Å²) < 4.78 is 5.49. The topological polar surface area (TPSA) is 78.2 Å². The van der Waals surface area contributed by atoms with Crippen molar-refractivity contribution in [3.63, 3.8) is 0 Å². The molecule has 0 radical (unpaired) electrons. The number of nitrogens with one attached hydrogen (secondary N) is 1. The molecule has 3 rings (SSSR count). The molecule has 1 aromatic heterocycles. The van der Waals surface area contributed by atoms with Crippen LogP contribution in [0, 0.1) is 30.1 Å². The molecule has 2 aliphatic rings. The van der Waals surface area contributed by atoms with Gasteiger partial charge in [0.2, 0.25) is 5.91 Å². The number of aryl methyl sites for hydroxylation is 1. The highest BCUT2D eigenvalue weighted by Crippen LogP contribution is 2.27. The average molecular weight is 356 g/mol. The summed E-state index contributed by atoms with van der Waals surface area (Å²) in [4.78, 5) is 19.7. The lowest BCUT2D eigenvalue weighted by molar-refractivity contribution is -0.139. The Hall–Kier alpha value is -2.13. The molecule has 0 spiro atoms. The van der Waals surface area contributed by atoms with Gasteiger partial charge in [-0.2, -0.15) is 5.26 Å². The van der Waals surface area contributed by atoms with E-state index in [2.05, 4.69) is 16.4 Å². The van der Waals surface area contributed by atoms with Crippen LogP contribution in [0.2, 0.25) is 0 Å². The predicted octanol–water partition coefficient (Wildman–Crippen LogP) is 2.73. The minimum atomic E-state index is -0.0918. The number of nitriles is 1. The van der Waals surface area contributed by atoms with E-state index in [-0.39, 0.29) is 11.8 Å². The first kappa shape index (κ1) is 18.7. The van der Waals surface area contributed by atoms with Crippen LogP contribution in [-0.2, 0) is 9.53 Å². The second kappa shape index (κ2) is 9.00. The molecule has 0 aliphatic carbocycles. The van der Waals surface area contributed by atoms with Crippen LogP contribution in [0.15, 0.2) is 12.1 Å². The zero-order chi connectivity index (χ0) is 18.4. The molecule has 0 saturated carbocycles. The Balaban J connectivity index is 1.74. The molecular weight excluding hydrogens is 328 g/mol. The standard InChI is InChI=1S/C20H28N4O2/c1-15-5-6-17(13-21)19(23-15)22-14-18(16-7-11-26-12-8-16)20(25)24-9-3-2-4-10-24/h5-6,16,18H,2-4,7-12,14H2,1H3,(H,22,23). The van der Waals surface area contributed by atoms with Crippen molar-refractivity contribution in [2.75, 3.05) is 38.2 Å². The van der Waals surface area contributed by atoms with Gasteiger partial charge >= 0.3 is 0 Å². The van der Waals surface area contributed by atoms with Crippen molar-refractivity contribution in [1.29, 1.82) is 5.26 Å². The van der Waals surface area contributed by atoms with Gasteiger partial charge in [-0.1, -0.05) is 0 Å². The summed E-state index contributed by atoms with van der Waals surface area (Å²) in [7, 11) is 0. The molecule has 0 bridgehead atoms. The molecule has 0 aromatic carbocycles. The van der Waals surface area contributed by atoms with E-state index < -0.39 is 0 Å². The minimum Gasteiger partial charge on any atom is -0.381 e. The van der Waals surface area contributed by atoms with E-state index in [1.54, 1.807) is 6.07 Å².